The molecular formula is C18H19N3O3S. The van der Waals surface area contributed by atoms with Crippen LogP contribution in [-0.4, -0.2) is 22.4 Å². The van der Waals surface area contributed by atoms with Crippen LogP contribution in [0.3, 0.4) is 0 Å². The van der Waals surface area contributed by atoms with Gasteiger partial charge in [-0.15, -0.1) is 11.3 Å². The maximum Gasteiger partial charge on any atom is 0.271 e. The lowest BCUT2D eigenvalue weighted by atomic mass is 10.0. The van der Waals surface area contributed by atoms with Crippen molar-refractivity contribution in [3.8, 4) is 5.75 Å². The van der Waals surface area contributed by atoms with Crippen LogP contribution in [0.5, 0.6) is 5.75 Å². The van der Waals surface area contributed by atoms with Crippen LogP contribution in [0.4, 0.5) is 0 Å². The quantitative estimate of drug-likeness (QED) is 0.762. The molecule has 7 heteroatoms. The molecular weight excluding hydrogens is 338 g/mol. The third-order valence-electron chi connectivity index (χ3n) is 4.09. The summed E-state index contributed by atoms with van der Waals surface area (Å²) in [5.41, 5.74) is 1.43. The average molecular weight is 357 g/mol. The first-order chi connectivity index (χ1) is 12.0. The number of nitrogens with one attached hydrogen (secondary N) is 1. The molecule has 0 saturated carbocycles. The first kappa shape index (κ1) is 17.2. The Bertz CT molecular complexity index is 960. The molecule has 6 nitrogen and oxygen atoms in total. The van der Waals surface area contributed by atoms with Gasteiger partial charge in [-0.25, -0.2) is 4.98 Å². The fraction of sp³-hybridized carbons (Fsp3) is 0.278. The Labute approximate surface area is 149 Å². The first-order valence-electron chi connectivity index (χ1n) is 7.95. The Kier molecular flexibility index (Phi) is 4.85. The fourth-order valence-corrected chi connectivity index (χ4v) is 3.50. The van der Waals surface area contributed by atoms with Crippen LogP contribution in [0.25, 0.3) is 4.96 Å². The monoisotopic (exact) mass is 357 g/mol. The van der Waals surface area contributed by atoms with Gasteiger partial charge >= 0.3 is 0 Å². The van der Waals surface area contributed by atoms with Gasteiger partial charge in [-0.1, -0.05) is 19.1 Å². The lowest BCUT2D eigenvalue weighted by Gasteiger charge is -2.17. The molecule has 1 amide bonds. The second kappa shape index (κ2) is 7.06. The molecule has 0 aliphatic rings. The number of carbonyl (C=O) groups excluding carboxylic acids is 1. The van der Waals surface area contributed by atoms with Crippen molar-refractivity contribution in [1.82, 2.24) is 14.7 Å². The van der Waals surface area contributed by atoms with Crippen molar-refractivity contribution in [1.29, 1.82) is 0 Å². The molecule has 1 atom stereocenters. The van der Waals surface area contributed by atoms with E-state index in [1.54, 1.807) is 7.11 Å². The molecule has 3 aromatic rings. The van der Waals surface area contributed by atoms with Gasteiger partial charge in [0.25, 0.3) is 11.5 Å². The Morgan fingerprint density at radius 3 is 2.72 bits per heavy atom. The maximum absolute atomic E-state index is 12.6. The van der Waals surface area contributed by atoms with Crippen molar-refractivity contribution >= 4 is 22.2 Å². The molecule has 0 spiro atoms. The Balaban J connectivity index is 1.88. The van der Waals surface area contributed by atoms with Crippen LogP contribution >= 0.6 is 11.3 Å². The summed E-state index contributed by atoms with van der Waals surface area (Å²) in [5.74, 6) is 0.339. The van der Waals surface area contributed by atoms with Gasteiger partial charge in [-0.3, -0.25) is 14.0 Å². The van der Waals surface area contributed by atoms with Crippen LogP contribution < -0.4 is 15.6 Å². The molecule has 1 aromatic carbocycles. The number of hydrogen-bond acceptors (Lipinski definition) is 5. The van der Waals surface area contributed by atoms with Gasteiger partial charge in [0.05, 0.1) is 13.2 Å². The Hall–Kier alpha value is -2.67. The molecule has 0 bridgehead atoms. The van der Waals surface area contributed by atoms with Gasteiger partial charge in [-0.2, -0.15) is 0 Å². The molecule has 130 valence electrons. The van der Waals surface area contributed by atoms with Gasteiger partial charge in [0.2, 0.25) is 0 Å². The number of thiazole rings is 1. The summed E-state index contributed by atoms with van der Waals surface area (Å²) in [6, 6.07) is 7.32. The second-order valence-electron chi connectivity index (χ2n) is 5.68. The highest BCUT2D eigenvalue weighted by molar-refractivity contribution is 7.15. The minimum atomic E-state index is -0.417. The van der Waals surface area contributed by atoms with Crippen molar-refractivity contribution in [2.75, 3.05) is 7.11 Å². The minimum absolute atomic E-state index is 0.0472. The molecule has 2 aromatic heterocycles. The van der Waals surface area contributed by atoms with E-state index >= 15 is 0 Å². The SMILES string of the molecule is CC[C@H](NC(=O)c1cnc2scc(C)n2c1=O)c1ccc(OC)cc1. The number of benzene rings is 1. The normalized spacial score (nSPS) is 12.1. The topological polar surface area (TPSA) is 72.7 Å². The van der Waals surface area contributed by atoms with Crippen molar-refractivity contribution in [2.24, 2.45) is 0 Å². The number of rotatable bonds is 5. The number of nitrogens with zero attached hydrogens (tertiary/aromatic N) is 2. The van der Waals surface area contributed by atoms with Crippen molar-refractivity contribution in [3.05, 3.63) is 63.0 Å². The maximum atomic E-state index is 12.6. The third kappa shape index (κ3) is 3.28. The summed E-state index contributed by atoms with van der Waals surface area (Å²) >= 11 is 1.38. The Morgan fingerprint density at radius 1 is 1.36 bits per heavy atom. The number of ether oxygens (including phenoxy) is 1. The van der Waals surface area contributed by atoms with Crippen LogP contribution in [0.15, 0.2) is 40.6 Å². The van der Waals surface area contributed by atoms with E-state index in [1.807, 2.05) is 43.5 Å². The zero-order chi connectivity index (χ0) is 18.0. The summed E-state index contributed by atoms with van der Waals surface area (Å²) in [6.45, 7) is 3.80. The fourth-order valence-electron chi connectivity index (χ4n) is 2.67. The molecule has 0 aliphatic heterocycles. The van der Waals surface area contributed by atoms with E-state index in [1.165, 1.54) is 21.9 Å². The number of fused-ring (bicyclic) bond motifs is 1. The predicted molar refractivity (Wildman–Crippen MR) is 97.6 cm³/mol. The Morgan fingerprint density at radius 2 is 2.08 bits per heavy atom. The van der Waals surface area contributed by atoms with Gasteiger partial charge in [-0.05, 0) is 31.0 Å². The van der Waals surface area contributed by atoms with Gasteiger partial charge in [0.1, 0.15) is 11.3 Å². The molecule has 25 heavy (non-hydrogen) atoms. The zero-order valence-corrected chi connectivity index (χ0v) is 15.1. The summed E-state index contributed by atoms with van der Waals surface area (Å²) in [7, 11) is 1.61. The van der Waals surface area contributed by atoms with Crippen molar-refractivity contribution < 1.29 is 9.53 Å². The van der Waals surface area contributed by atoms with E-state index < -0.39 is 5.91 Å². The first-order valence-corrected chi connectivity index (χ1v) is 8.83. The lowest BCUT2D eigenvalue weighted by Crippen LogP contribution is -2.34. The highest BCUT2D eigenvalue weighted by Gasteiger charge is 2.19. The summed E-state index contributed by atoms with van der Waals surface area (Å²) in [5, 5.41) is 4.77. The summed E-state index contributed by atoms with van der Waals surface area (Å²) in [4.78, 5) is 30.0. The van der Waals surface area contributed by atoms with Gasteiger partial charge < -0.3 is 10.1 Å². The van der Waals surface area contributed by atoms with Crippen molar-refractivity contribution in [3.63, 3.8) is 0 Å². The summed E-state index contributed by atoms with van der Waals surface area (Å²) < 4.78 is 6.62. The van der Waals surface area contributed by atoms with Crippen LogP contribution in [-0.2, 0) is 0 Å². The van der Waals surface area contributed by atoms with E-state index in [-0.39, 0.29) is 17.2 Å². The molecule has 0 aliphatic carbocycles. The van der Waals surface area contributed by atoms with E-state index in [2.05, 4.69) is 10.3 Å². The van der Waals surface area contributed by atoms with E-state index in [9.17, 15) is 9.59 Å². The van der Waals surface area contributed by atoms with Crippen LogP contribution in [0, 0.1) is 6.92 Å². The molecule has 2 heterocycles. The standard InChI is InChI=1S/C18H19N3O3S/c1-4-15(12-5-7-13(24-3)8-6-12)20-16(22)14-9-19-18-21(17(14)23)11(2)10-25-18/h5-10,15H,4H2,1-3H3,(H,20,22)/t15-/m0/s1. The van der Waals surface area contributed by atoms with Crippen LogP contribution in [0.2, 0.25) is 0 Å². The van der Waals surface area contributed by atoms with Crippen LogP contribution in [0.1, 0.15) is 41.0 Å². The molecule has 1 N–H and O–H groups in total. The summed E-state index contributed by atoms with van der Waals surface area (Å²) in [6.07, 6.45) is 2.05. The largest absolute Gasteiger partial charge is 0.497 e. The predicted octanol–water partition coefficient (Wildman–Crippen LogP) is 2.95. The number of carbonyl (C=O) groups is 1. The lowest BCUT2D eigenvalue weighted by molar-refractivity contribution is 0.0933. The smallest absolute Gasteiger partial charge is 0.271 e. The van der Waals surface area contributed by atoms with Crippen molar-refractivity contribution in [2.45, 2.75) is 26.3 Å². The number of amides is 1. The highest BCUT2D eigenvalue weighted by Crippen LogP contribution is 2.20. The number of aromatic nitrogens is 2. The highest BCUT2D eigenvalue weighted by atomic mass is 32.1. The number of methoxy groups -OCH3 is 1. The second-order valence-corrected chi connectivity index (χ2v) is 6.52. The molecule has 0 radical (unpaired) electrons. The molecule has 3 rings (SSSR count). The van der Waals surface area contributed by atoms with E-state index in [0.717, 1.165) is 17.0 Å². The van der Waals surface area contributed by atoms with E-state index in [4.69, 9.17) is 4.74 Å². The zero-order valence-electron chi connectivity index (χ0n) is 14.3. The molecule has 0 unspecified atom stereocenters. The third-order valence-corrected chi connectivity index (χ3v) is 5.05. The minimum Gasteiger partial charge on any atom is -0.497 e. The number of hydrogen-bond donors (Lipinski definition) is 1. The average Bonchev–Trinajstić information content (AvgIpc) is 3.01. The van der Waals surface area contributed by atoms with E-state index in [0.29, 0.717) is 11.4 Å². The molecule has 0 fully saturated rings. The van der Waals surface area contributed by atoms with Gasteiger partial charge in [0.15, 0.2) is 4.96 Å². The van der Waals surface area contributed by atoms with Gasteiger partial charge in [0, 0.05) is 17.3 Å². The molecule has 0 saturated heterocycles. The number of aryl methyl sites for hydroxylation is 1.